The highest BCUT2D eigenvalue weighted by Gasteiger charge is 2.27. The molecular weight excluding hydrogens is 242 g/mol. The van der Waals surface area contributed by atoms with Gasteiger partial charge in [0.2, 0.25) is 0 Å². The Kier molecular flexibility index (Phi) is 3.66. The molecule has 1 heterocycles. The van der Waals surface area contributed by atoms with E-state index in [-0.39, 0.29) is 11.4 Å². The Morgan fingerprint density at radius 3 is 2.79 bits per heavy atom. The first kappa shape index (κ1) is 13.7. The van der Waals surface area contributed by atoms with E-state index in [9.17, 15) is 0 Å². The van der Waals surface area contributed by atoms with Crippen molar-refractivity contribution in [2.75, 3.05) is 24.6 Å². The normalized spacial score (nSPS) is 19.5. The second kappa shape index (κ2) is 5.09. The second-order valence-corrected chi connectivity index (χ2v) is 5.51. The smallest absolute Gasteiger partial charge is 0.170 e. The van der Waals surface area contributed by atoms with Gasteiger partial charge in [0.05, 0.1) is 12.2 Å². The summed E-state index contributed by atoms with van der Waals surface area (Å²) in [6.45, 7) is 8.62. The summed E-state index contributed by atoms with van der Waals surface area (Å²) in [7, 11) is 0. The molecule has 0 unspecified atom stereocenters. The van der Waals surface area contributed by atoms with Gasteiger partial charge in [-0.3, -0.25) is 0 Å². The molecule has 5 heteroatoms. The number of nitrogens with zero attached hydrogens (tertiary/aromatic N) is 2. The van der Waals surface area contributed by atoms with Gasteiger partial charge >= 0.3 is 0 Å². The Morgan fingerprint density at radius 1 is 1.47 bits per heavy atom. The standard InChI is InChI=1S/C14H21N3O2/c1-10-8-11(4-5-12(10)13(15)16-18)17-6-7-19-14(2,3)9-17/h4-5,8,18H,6-7,9H2,1-3H3,(H2,15,16). The fourth-order valence-electron chi connectivity index (χ4n) is 2.42. The highest BCUT2D eigenvalue weighted by atomic mass is 16.5. The number of morpholine rings is 1. The van der Waals surface area contributed by atoms with Crippen LogP contribution in [0.1, 0.15) is 25.0 Å². The van der Waals surface area contributed by atoms with Crippen LogP contribution >= 0.6 is 0 Å². The molecule has 19 heavy (non-hydrogen) atoms. The third-order valence-corrected chi connectivity index (χ3v) is 3.38. The predicted molar refractivity (Wildman–Crippen MR) is 75.9 cm³/mol. The topological polar surface area (TPSA) is 71.1 Å². The van der Waals surface area contributed by atoms with E-state index in [1.807, 2.05) is 19.1 Å². The lowest BCUT2D eigenvalue weighted by Crippen LogP contribution is -2.48. The molecule has 0 atom stereocenters. The molecule has 0 aromatic heterocycles. The van der Waals surface area contributed by atoms with E-state index in [1.165, 1.54) is 0 Å². The van der Waals surface area contributed by atoms with E-state index in [2.05, 4.69) is 30.0 Å². The number of anilines is 1. The van der Waals surface area contributed by atoms with Crippen molar-refractivity contribution >= 4 is 11.5 Å². The maximum atomic E-state index is 8.74. The molecule has 0 bridgehead atoms. The summed E-state index contributed by atoms with van der Waals surface area (Å²) in [5, 5.41) is 11.8. The van der Waals surface area contributed by atoms with Gasteiger partial charge in [0.1, 0.15) is 0 Å². The number of hydrogen-bond donors (Lipinski definition) is 2. The average molecular weight is 263 g/mol. The predicted octanol–water partition coefficient (Wildman–Crippen LogP) is 1.70. The van der Waals surface area contributed by atoms with E-state index in [4.69, 9.17) is 15.7 Å². The number of aryl methyl sites for hydroxylation is 1. The zero-order chi connectivity index (χ0) is 14.0. The van der Waals surface area contributed by atoms with Gasteiger partial charge in [-0.2, -0.15) is 0 Å². The van der Waals surface area contributed by atoms with E-state index in [1.54, 1.807) is 0 Å². The van der Waals surface area contributed by atoms with Gasteiger partial charge in [-0.15, -0.1) is 0 Å². The molecule has 0 aliphatic carbocycles. The number of ether oxygens (including phenoxy) is 1. The summed E-state index contributed by atoms with van der Waals surface area (Å²) in [6, 6.07) is 5.96. The maximum absolute atomic E-state index is 8.74. The minimum Gasteiger partial charge on any atom is -0.409 e. The summed E-state index contributed by atoms with van der Waals surface area (Å²) >= 11 is 0. The van der Waals surface area contributed by atoms with Crippen molar-refractivity contribution in [1.82, 2.24) is 0 Å². The number of amidine groups is 1. The minimum absolute atomic E-state index is 0.129. The lowest BCUT2D eigenvalue weighted by Gasteiger charge is -2.39. The van der Waals surface area contributed by atoms with E-state index in [0.717, 1.165) is 36.5 Å². The monoisotopic (exact) mass is 263 g/mol. The molecule has 1 aromatic carbocycles. The van der Waals surface area contributed by atoms with Crippen molar-refractivity contribution in [3.8, 4) is 0 Å². The van der Waals surface area contributed by atoms with Crippen molar-refractivity contribution < 1.29 is 9.94 Å². The lowest BCUT2D eigenvalue weighted by molar-refractivity contribution is -0.0276. The molecule has 2 rings (SSSR count). The SMILES string of the molecule is Cc1cc(N2CCOC(C)(C)C2)ccc1/C(N)=N/O. The van der Waals surface area contributed by atoms with Gasteiger partial charge < -0.3 is 20.6 Å². The van der Waals surface area contributed by atoms with Crippen LogP contribution in [0.25, 0.3) is 0 Å². The Labute approximate surface area is 113 Å². The summed E-state index contributed by atoms with van der Waals surface area (Å²) in [6.07, 6.45) is 0. The Hall–Kier alpha value is -1.75. The molecule has 1 saturated heterocycles. The molecule has 0 amide bonds. The van der Waals surface area contributed by atoms with Crippen molar-refractivity contribution in [1.29, 1.82) is 0 Å². The summed E-state index contributed by atoms with van der Waals surface area (Å²) in [4.78, 5) is 2.30. The van der Waals surface area contributed by atoms with Gasteiger partial charge in [-0.1, -0.05) is 5.16 Å². The summed E-state index contributed by atoms with van der Waals surface area (Å²) in [5.41, 5.74) is 8.41. The minimum atomic E-state index is -0.129. The first-order valence-corrected chi connectivity index (χ1v) is 6.40. The van der Waals surface area contributed by atoms with E-state index < -0.39 is 0 Å². The fraction of sp³-hybridized carbons (Fsp3) is 0.500. The van der Waals surface area contributed by atoms with Crippen LogP contribution in [0.5, 0.6) is 0 Å². The zero-order valence-electron chi connectivity index (χ0n) is 11.7. The fourth-order valence-corrected chi connectivity index (χ4v) is 2.42. The Balaban J connectivity index is 2.25. The molecule has 0 saturated carbocycles. The van der Waals surface area contributed by atoms with Crippen molar-refractivity contribution in [2.45, 2.75) is 26.4 Å². The van der Waals surface area contributed by atoms with E-state index in [0.29, 0.717) is 0 Å². The van der Waals surface area contributed by atoms with Crippen LogP contribution in [0.3, 0.4) is 0 Å². The van der Waals surface area contributed by atoms with Gasteiger partial charge in [0.15, 0.2) is 5.84 Å². The Bertz CT molecular complexity index is 497. The maximum Gasteiger partial charge on any atom is 0.170 e. The van der Waals surface area contributed by atoms with E-state index >= 15 is 0 Å². The number of oxime groups is 1. The van der Waals surface area contributed by atoms with Gasteiger partial charge in [0.25, 0.3) is 0 Å². The third kappa shape index (κ3) is 2.98. The van der Waals surface area contributed by atoms with Crippen molar-refractivity contribution in [2.24, 2.45) is 10.9 Å². The lowest BCUT2D eigenvalue weighted by atomic mass is 10.0. The quantitative estimate of drug-likeness (QED) is 0.369. The third-order valence-electron chi connectivity index (χ3n) is 3.38. The number of rotatable bonds is 2. The van der Waals surface area contributed by atoms with Crippen molar-refractivity contribution in [3.05, 3.63) is 29.3 Å². The molecule has 5 nitrogen and oxygen atoms in total. The molecule has 0 spiro atoms. The van der Waals surface area contributed by atoms with Gasteiger partial charge in [0, 0.05) is 24.3 Å². The van der Waals surface area contributed by atoms with Crippen molar-refractivity contribution in [3.63, 3.8) is 0 Å². The highest BCUT2D eigenvalue weighted by Crippen LogP contribution is 2.25. The van der Waals surface area contributed by atoms with Crippen LogP contribution in [-0.4, -0.2) is 36.3 Å². The molecular formula is C14H21N3O2. The van der Waals surface area contributed by atoms with Gasteiger partial charge in [-0.05, 0) is 44.5 Å². The van der Waals surface area contributed by atoms with Crippen LogP contribution in [0, 0.1) is 6.92 Å². The molecule has 3 N–H and O–H groups in total. The molecule has 1 aliphatic heterocycles. The number of nitrogens with two attached hydrogens (primary N) is 1. The van der Waals surface area contributed by atoms with Crippen LogP contribution in [0.4, 0.5) is 5.69 Å². The average Bonchev–Trinajstić information content (AvgIpc) is 2.36. The van der Waals surface area contributed by atoms with Crippen LogP contribution in [-0.2, 0) is 4.74 Å². The zero-order valence-corrected chi connectivity index (χ0v) is 11.7. The molecule has 1 aliphatic rings. The first-order valence-electron chi connectivity index (χ1n) is 6.40. The Morgan fingerprint density at radius 2 is 2.21 bits per heavy atom. The van der Waals surface area contributed by atoms with Crippen LogP contribution in [0.2, 0.25) is 0 Å². The summed E-state index contributed by atoms with van der Waals surface area (Å²) in [5.74, 6) is 0.145. The number of hydrogen-bond acceptors (Lipinski definition) is 4. The first-order chi connectivity index (χ1) is 8.93. The molecule has 104 valence electrons. The largest absolute Gasteiger partial charge is 0.409 e. The molecule has 1 aromatic rings. The molecule has 1 fully saturated rings. The second-order valence-electron chi connectivity index (χ2n) is 5.51. The summed E-state index contributed by atoms with van der Waals surface area (Å²) < 4.78 is 5.71. The van der Waals surface area contributed by atoms with Crippen LogP contribution in [0.15, 0.2) is 23.4 Å². The van der Waals surface area contributed by atoms with Gasteiger partial charge in [-0.25, -0.2) is 0 Å². The molecule has 0 radical (unpaired) electrons. The number of benzene rings is 1. The van der Waals surface area contributed by atoms with Crippen LogP contribution < -0.4 is 10.6 Å². The highest BCUT2D eigenvalue weighted by molar-refractivity contribution is 5.98.